The van der Waals surface area contributed by atoms with Gasteiger partial charge in [0.15, 0.2) is 0 Å². The summed E-state index contributed by atoms with van der Waals surface area (Å²) in [4.78, 5) is 12.0. The molecule has 0 aliphatic heterocycles. The van der Waals surface area contributed by atoms with Crippen LogP contribution in [0.3, 0.4) is 0 Å². The molecule has 1 aromatic carbocycles. The number of hydrogen-bond donors (Lipinski definition) is 1. The largest absolute Gasteiger partial charge is 0.353 e. The smallest absolute Gasteiger partial charge is 0.230 e. The van der Waals surface area contributed by atoms with E-state index < -0.39 is 0 Å². The zero-order valence-corrected chi connectivity index (χ0v) is 13.3. The summed E-state index contributed by atoms with van der Waals surface area (Å²) < 4.78 is 13.5. The van der Waals surface area contributed by atoms with Crippen LogP contribution < -0.4 is 5.32 Å². The minimum absolute atomic E-state index is 0.0851. The van der Waals surface area contributed by atoms with Crippen molar-refractivity contribution in [3.8, 4) is 0 Å². The molecule has 0 unspecified atom stereocenters. The van der Waals surface area contributed by atoms with Gasteiger partial charge in [0.2, 0.25) is 5.91 Å². The number of thioether (sulfide) groups is 1. The second-order valence-electron chi connectivity index (χ2n) is 5.69. The highest BCUT2D eigenvalue weighted by Crippen LogP contribution is 2.18. The van der Waals surface area contributed by atoms with Crippen LogP contribution in [0.15, 0.2) is 24.3 Å². The lowest BCUT2D eigenvalue weighted by Gasteiger charge is -2.20. The molecule has 1 amide bonds. The van der Waals surface area contributed by atoms with E-state index >= 15 is 0 Å². The second kappa shape index (κ2) is 9.08. The van der Waals surface area contributed by atoms with E-state index in [1.54, 1.807) is 12.1 Å². The van der Waals surface area contributed by atoms with Crippen LogP contribution in [0, 0.1) is 5.82 Å². The van der Waals surface area contributed by atoms with Gasteiger partial charge in [0.25, 0.3) is 0 Å². The van der Waals surface area contributed by atoms with Crippen molar-refractivity contribution in [3.05, 3.63) is 35.6 Å². The van der Waals surface area contributed by atoms with Crippen LogP contribution in [0.4, 0.5) is 4.39 Å². The van der Waals surface area contributed by atoms with Crippen molar-refractivity contribution in [2.75, 3.05) is 5.75 Å². The first-order chi connectivity index (χ1) is 10.3. The molecular formula is C17H24FNOS. The molecule has 0 bridgehead atoms. The van der Waals surface area contributed by atoms with E-state index in [1.807, 2.05) is 6.07 Å². The van der Waals surface area contributed by atoms with E-state index in [1.165, 1.54) is 49.9 Å². The summed E-state index contributed by atoms with van der Waals surface area (Å²) in [6.45, 7) is 0. The van der Waals surface area contributed by atoms with Crippen molar-refractivity contribution in [3.63, 3.8) is 0 Å². The number of carbonyl (C=O) groups excluding carboxylic acids is 1. The number of nitrogens with one attached hydrogen (secondary N) is 1. The molecule has 2 nitrogen and oxygen atoms in total. The third kappa shape index (κ3) is 6.08. The Hall–Kier alpha value is -1.03. The average Bonchev–Trinajstić information content (AvgIpc) is 2.44. The van der Waals surface area contributed by atoms with Crippen LogP contribution in [0.25, 0.3) is 0 Å². The number of rotatable bonds is 5. The first-order valence-corrected chi connectivity index (χ1v) is 9.01. The van der Waals surface area contributed by atoms with Crippen molar-refractivity contribution < 1.29 is 9.18 Å². The number of hydrogen-bond acceptors (Lipinski definition) is 2. The van der Waals surface area contributed by atoms with Gasteiger partial charge in [-0.15, -0.1) is 11.8 Å². The summed E-state index contributed by atoms with van der Waals surface area (Å²) >= 11 is 1.47. The van der Waals surface area contributed by atoms with E-state index in [4.69, 9.17) is 0 Å². The van der Waals surface area contributed by atoms with Crippen molar-refractivity contribution >= 4 is 17.7 Å². The standard InChI is InChI=1S/C17H24FNOS/c18-16-11-7-6-8-14(16)12-21-13-17(20)19-15-9-4-2-1-3-5-10-15/h6-8,11,15H,1-5,9-10,12-13H2,(H,19,20). The van der Waals surface area contributed by atoms with Crippen molar-refractivity contribution in [2.45, 2.75) is 56.7 Å². The maximum Gasteiger partial charge on any atom is 0.230 e. The monoisotopic (exact) mass is 309 g/mol. The normalized spacial score (nSPS) is 17.0. The number of amides is 1. The Bertz CT molecular complexity index is 444. The molecule has 1 aromatic rings. The van der Waals surface area contributed by atoms with Gasteiger partial charge in [0.05, 0.1) is 5.75 Å². The molecule has 1 aliphatic carbocycles. The van der Waals surface area contributed by atoms with Gasteiger partial charge < -0.3 is 5.32 Å². The molecule has 0 heterocycles. The fourth-order valence-electron chi connectivity index (χ4n) is 2.74. The first-order valence-electron chi connectivity index (χ1n) is 7.86. The molecule has 0 spiro atoms. The molecule has 1 N–H and O–H groups in total. The van der Waals surface area contributed by atoms with Gasteiger partial charge in [-0.25, -0.2) is 4.39 Å². The lowest BCUT2D eigenvalue weighted by atomic mass is 9.97. The van der Waals surface area contributed by atoms with Crippen molar-refractivity contribution in [1.82, 2.24) is 5.32 Å². The summed E-state index contributed by atoms with van der Waals surface area (Å²) in [5, 5.41) is 3.13. The number of benzene rings is 1. The minimum atomic E-state index is -0.189. The Morgan fingerprint density at radius 3 is 2.52 bits per heavy atom. The Morgan fingerprint density at radius 1 is 1.14 bits per heavy atom. The summed E-state index contributed by atoms with van der Waals surface area (Å²) in [6, 6.07) is 7.09. The van der Waals surface area contributed by atoms with Crippen LogP contribution in [0.1, 0.15) is 50.5 Å². The molecule has 1 aliphatic rings. The van der Waals surface area contributed by atoms with Gasteiger partial charge in [-0.05, 0) is 24.5 Å². The van der Waals surface area contributed by atoms with Gasteiger partial charge in [0, 0.05) is 11.8 Å². The predicted octanol–water partition coefficient (Wildman–Crippen LogP) is 4.29. The Balaban J connectivity index is 1.68. The number of halogens is 1. The van der Waals surface area contributed by atoms with Crippen LogP contribution in [0.5, 0.6) is 0 Å². The zero-order chi connectivity index (χ0) is 14.9. The quantitative estimate of drug-likeness (QED) is 0.879. The fraction of sp³-hybridized carbons (Fsp3) is 0.588. The highest BCUT2D eigenvalue weighted by atomic mass is 32.2. The van der Waals surface area contributed by atoms with Gasteiger partial charge in [-0.3, -0.25) is 4.79 Å². The molecular weight excluding hydrogens is 285 g/mol. The Morgan fingerprint density at radius 2 is 1.81 bits per heavy atom. The summed E-state index contributed by atoms with van der Waals surface area (Å²) in [6.07, 6.45) is 8.54. The van der Waals surface area contributed by atoms with Crippen LogP contribution >= 0.6 is 11.8 Å². The third-order valence-electron chi connectivity index (χ3n) is 3.92. The first kappa shape index (κ1) is 16.3. The second-order valence-corrected chi connectivity index (χ2v) is 6.68. The molecule has 1 saturated carbocycles. The molecule has 0 atom stereocenters. The van der Waals surface area contributed by atoms with Crippen molar-refractivity contribution in [1.29, 1.82) is 0 Å². The Labute approximate surface area is 130 Å². The SMILES string of the molecule is O=C(CSCc1ccccc1F)NC1CCCCCCC1. The molecule has 0 radical (unpaired) electrons. The van der Waals surface area contributed by atoms with E-state index in [-0.39, 0.29) is 11.7 Å². The molecule has 4 heteroatoms. The van der Waals surface area contributed by atoms with Crippen LogP contribution in [0.2, 0.25) is 0 Å². The summed E-state index contributed by atoms with van der Waals surface area (Å²) in [7, 11) is 0. The van der Waals surface area contributed by atoms with Gasteiger partial charge in [0.1, 0.15) is 5.82 Å². The Kier molecular flexibility index (Phi) is 7.07. The van der Waals surface area contributed by atoms with Crippen LogP contribution in [-0.4, -0.2) is 17.7 Å². The minimum Gasteiger partial charge on any atom is -0.353 e. The van der Waals surface area contributed by atoms with E-state index in [0.29, 0.717) is 23.1 Å². The molecule has 2 rings (SSSR count). The molecule has 116 valence electrons. The number of carbonyl (C=O) groups is 1. The lowest BCUT2D eigenvalue weighted by molar-refractivity contribution is -0.119. The summed E-state index contributed by atoms with van der Waals surface area (Å²) in [5.41, 5.74) is 0.668. The van der Waals surface area contributed by atoms with Crippen LogP contribution in [-0.2, 0) is 10.5 Å². The van der Waals surface area contributed by atoms with Gasteiger partial charge in [-0.2, -0.15) is 0 Å². The lowest BCUT2D eigenvalue weighted by Crippen LogP contribution is -2.36. The summed E-state index contributed by atoms with van der Waals surface area (Å²) in [5.74, 6) is 0.850. The van der Waals surface area contributed by atoms with Crippen molar-refractivity contribution in [2.24, 2.45) is 0 Å². The third-order valence-corrected chi connectivity index (χ3v) is 4.90. The van der Waals surface area contributed by atoms with Gasteiger partial charge >= 0.3 is 0 Å². The van der Waals surface area contributed by atoms with Gasteiger partial charge in [-0.1, -0.05) is 50.3 Å². The zero-order valence-electron chi connectivity index (χ0n) is 12.4. The maximum atomic E-state index is 13.5. The highest BCUT2D eigenvalue weighted by molar-refractivity contribution is 7.99. The van der Waals surface area contributed by atoms with E-state index in [0.717, 1.165) is 12.8 Å². The molecule has 0 aromatic heterocycles. The maximum absolute atomic E-state index is 13.5. The average molecular weight is 309 g/mol. The fourth-order valence-corrected chi connectivity index (χ4v) is 3.56. The molecule has 0 saturated heterocycles. The van der Waals surface area contributed by atoms with E-state index in [2.05, 4.69) is 5.32 Å². The van der Waals surface area contributed by atoms with E-state index in [9.17, 15) is 9.18 Å². The topological polar surface area (TPSA) is 29.1 Å². The molecule has 21 heavy (non-hydrogen) atoms. The predicted molar refractivity (Wildman–Crippen MR) is 86.8 cm³/mol. The molecule has 1 fully saturated rings. The highest BCUT2D eigenvalue weighted by Gasteiger charge is 2.14.